The summed E-state index contributed by atoms with van der Waals surface area (Å²) in [6, 6.07) is 14.9. The van der Waals surface area contributed by atoms with E-state index in [-0.39, 0.29) is 23.6 Å². The molecule has 1 aliphatic heterocycles. The number of rotatable bonds is 2. The average Bonchev–Trinajstić information content (AvgIpc) is 3.35. The predicted octanol–water partition coefficient (Wildman–Crippen LogP) is 4.00. The van der Waals surface area contributed by atoms with Crippen LogP contribution in [0.1, 0.15) is 29.2 Å². The zero-order valence-corrected chi connectivity index (χ0v) is 13.8. The van der Waals surface area contributed by atoms with E-state index in [9.17, 15) is 9.18 Å². The van der Waals surface area contributed by atoms with Crippen LogP contribution in [0.5, 0.6) is 0 Å². The average molecular weight is 334 g/mol. The first-order chi connectivity index (χ1) is 12.2. The molecule has 1 fully saturated rings. The summed E-state index contributed by atoms with van der Waals surface area (Å²) in [4.78, 5) is 18.4. The molecule has 1 N–H and O–H groups in total. The summed E-state index contributed by atoms with van der Waals surface area (Å²) in [6.07, 6.45) is 1.76. The van der Waals surface area contributed by atoms with Gasteiger partial charge in [-0.3, -0.25) is 4.79 Å². The number of para-hydroxylation sites is 1. The Balaban J connectivity index is 1.35. The Labute approximate surface area is 145 Å². The van der Waals surface area contributed by atoms with E-state index < -0.39 is 0 Å². The lowest BCUT2D eigenvalue weighted by Crippen LogP contribution is -2.37. The van der Waals surface area contributed by atoms with Crippen LogP contribution in [-0.4, -0.2) is 22.3 Å². The Hall–Kier alpha value is -2.62. The first-order valence-corrected chi connectivity index (χ1v) is 8.83. The molecule has 4 heteroatoms. The molecule has 3 nitrogen and oxygen atoms in total. The van der Waals surface area contributed by atoms with Crippen LogP contribution in [0, 0.1) is 11.7 Å². The Morgan fingerprint density at radius 2 is 1.92 bits per heavy atom. The molecule has 3 aromatic rings. The minimum Gasteiger partial charge on any atom is -0.358 e. The maximum Gasteiger partial charge on any atom is 0.226 e. The highest BCUT2D eigenvalue weighted by Gasteiger charge is 2.46. The Kier molecular flexibility index (Phi) is 3.20. The van der Waals surface area contributed by atoms with Crippen LogP contribution in [0.4, 0.5) is 4.39 Å². The van der Waals surface area contributed by atoms with Crippen LogP contribution < -0.4 is 0 Å². The number of aromatic amines is 1. The topological polar surface area (TPSA) is 36.1 Å². The van der Waals surface area contributed by atoms with Crippen LogP contribution in [-0.2, 0) is 17.8 Å². The smallest absolute Gasteiger partial charge is 0.226 e. The first kappa shape index (κ1) is 14.7. The van der Waals surface area contributed by atoms with Gasteiger partial charge in [0.2, 0.25) is 5.91 Å². The molecule has 1 saturated carbocycles. The number of H-pyrrole nitrogens is 1. The zero-order chi connectivity index (χ0) is 17.0. The third-order valence-corrected chi connectivity index (χ3v) is 5.60. The quantitative estimate of drug-likeness (QED) is 0.756. The molecule has 0 unspecified atom stereocenters. The van der Waals surface area contributed by atoms with Crippen molar-refractivity contribution in [2.75, 3.05) is 6.54 Å². The number of carbonyl (C=O) groups excluding carboxylic acids is 1. The molecule has 2 heterocycles. The number of nitrogens with zero attached hydrogens (tertiary/aromatic N) is 1. The van der Waals surface area contributed by atoms with Gasteiger partial charge < -0.3 is 9.88 Å². The van der Waals surface area contributed by atoms with Gasteiger partial charge in [0.05, 0.1) is 0 Å². The number of aromatic nitrogens is 1. The van der Waals surface area contributed by atoms with Gasteiger partial charge in [0.15, 0.2) is 0 Å². The summed E-state index contributed by atoms with van der Waals surface area (Å²) < 4.78 is 13.1. The summed E-state index contributed by atoms with van der Waals surface area (Å²) in [5.41, 5.74) is 4.74. The highest BCUT2D eigenvalue weighted by atomic mass is 19.1. The maximum atomic E-state index is 13.1. The van der Waals surface area contributed by atoms with Gasteiger partial charge in [-0.25, -0.2) is 4.39 Å². The number of halogens is 1. The number of carbonyl (C=O) groups is 1. The zero-order valence-electron chi connectivity index (χ0n) is 13.8. The third-order valence-electron chi connectivity index (χ3n) is 5.60. The van der Waals surface area contributed by atoms with Gasteiger partial charge in [0.1, 0.15) is 5.82 Å². The van der Waals surface area contributed by atoms with Gasteiger partial charge in [-0.15, -0.1) is 0 Å². The second kappa shape index (κ2) is 5.45. The Bertz CT molecular complexity index is 960. The molecule has 0 spiro atoms. The molecule has 5 rings (SSSR count). The molecular weight excluding hydrogens is 315 g/mol. The van der Waals surface area contributed by atoms with Crippen molar-refractivity contribution in [3.63, 3.8) is 0 Å². The summed E-state index contributed by atoms with van der Waals surface area (Å²) in [5, 5.41) is 1.22. The van der Waals surface area contributed by atoms with E-state index in [1.165, 1.54) is 28.8 Å². The summed E-state index contributed by atoms with van der Waals surface area (Å²) in [7, 11) is 0. The van der Waals surface area contributed by atoms with Crippen LogP contribution in [0.15, 0.2) is 48.5 Å². The van der Waals surface area contributed by atoms with Crippen LogP contribution in [0.25, 0.3) is 10.9 Å². The van der Waals surface area contributed by atoms with Gasteiger partial charge in [-0.05, 0) is 36.1 Å². The van der Waals surface area contributed by atoms with Crippen LogP contribution >= 0.6 is 0 Å². The minimum absolute atomic E-state index is 0.0530. The Morgan fingerprint density at radius 3 is 2.76 bits per heavy atom. The van der Waals surface area contributed by atoms with E-state index in [0.717, 1.165) is 30.5 Å². The fraction of sp³-hybridized carbons (Fsp3) is 0.286. The minimum atomic E-state index is -0.227. The van der Waals surface area contributed by atoms with Gasteiger partial charge in [-0.2, -0.15) is 0 Å². The van der Waals surface area contributed by atoms with E-state index in [2.05, 4.69) is 17.1 Å². The molecule has 2 atom stereocenters. The number of fused-ring (bicyclic) bond motifs is 3. The molecule has 1 aliphatic carbocycles. The van der Waals surface area contributed by atoms with Gasteiger partial charge >= 0.3 is 0 Å². The van der Waals surface area contributed by atoms with E-state index in [4.69, 9.17) is 0 Å². The molecule has 0 radical (unpaired) electrons. The molecule has 1 aromatic heterocycles. The van der Waals surface area contributed by atoms with Crippen molar-refractivity contribution in [1.29, 1.82) is 0 Å². The van der Waals surface area contributed by atoms with Gasteiger partial charge in [-0.1, -0.05) is 30.3 Å². The van der Waals surface area contributed by atoms with E-state index >= 15 is 0 Å². The molecule has 126 valence electrons. The van der Waals surface area contributed by atoms with Crippen LogP contribution in [0.3, 0.4) is 0 Å². The SMILES string of the molecule is O=C([C@H]1C[C@H]1c1ccc(F)cc1)N1CCc2[nH]c3ccccc3c2C1. The maximum absolute atomic E-state index is 13.1. The summed E-state index contributed by atoms with van der Waals surface area (Å²) in [5.74, 6) is 0.315. The molecule has 25 heavy (non-hydrogen) atoms. The van der Waals surface area contributed by atoms with Crippen molar-refractivity contribution in [1.82, 2.24) is 9.88 Å². The number of benzene rings is 2. The van der Waals surface area contributed by atoms with E-state index in [1.807, 2.05) is 17.0 Å². The number of nitrogens with one attached hydrogen (secondary N) is 1. The number of hydrogen-bond acceptors (Lipinski definition) is 1. The van der Waals surface area contributed by atoms with Crippen molar-refractivity contribution in [3.8, 4) is 0 Å². The lowest BCUT2D eigenvalue weighted by Gasteiger charge is -2.27. The largest absolute Gasteiger partial charge is 0.358 e. The highest BCUT2D eigenvalue weighted by molar-refractivity contribution is 5.87. The van der Waals surface area contributed by atoms with Crippen molar-refractivity contribution in [2.24, 2.45) is 5.92 Å². The van der Waals surface area contributed by atoms with Gasteiger partial charge in [0.25, 0.3) is 0 Å². The molecular formula is C21H19FN2O. The fourth-order valence-electron chi connectivity index (χ4n) is 4.14. The number of amides is 1. The van der Waals surface area contributed by atoms with Gasteiger partial charge in [0, 0.05) is 47.6 Å². The second-order valence-electron chi connectivity index (χ2n) is 7.14. The summed E-state index contributed by atoms with van der Waals surface area (Å²) >= 11 is 0. The normalized spacial score (nSPS) is 22.0. The van der Waals surface area contributed by atoms with Crippen LogP contribution in [0.2, 0.25) is 0 Å². The van der Waals surface area contributed by atoms with Crippen molar-refractivity contribution in [2.45, 2.75) is 25.3 Å². The predicted molar refractivity (Wildman–Crippen MR) is 94.7 cm³/mol. The monoisotopic (exact) mass is 334 g/mol. The molecule has 2 aromatic carbocycles. The fourth-order valence-corrected chi connectivity index (χ4v) is 4.14. The summed E-state index contributed by atoms with van der Waals surface area (Å²) in [6.45, 7) is 1.45. The number of hydrogen-bond donors (Lipinski definition) is 1. The molecule has 1 amide bonds. The lowest BCUT2D eigenvalue weighted by atomic mass is 10.0. The van der Waals surface area contributed by atoms with E-state index in [0.29, 0.717) is 6.54 Å². The van der Waals surface area contributed by atoms with Crippen molar-refractivity contribution in [3.05, 3.63) is 71.2 Å². The van der Waals surface area contributed by atoms with Crippen molar-refractivity contribution < 1.29 is 9.18 Å². The molecule has 0 saturated heterocycles. The molecule has 0 bridgehead atoms. The Morgan fingerprint density at radius 1 is 1.12 bits per heavy atom. The lowest BCUT2D eigenvalue weighted by molar-refractivity contribution is -0.133. The highest BCUT2D eigenvalue weighted by Crippen LogP contribution is 2.49. The molecule has 2 aliphatic rings. The van der Waals surface area contributed by atoms with E-state index in [1.54, 1.807) is 12.1 Å². The third kappa shape index (κ3) is 2.44. The first-order valence-electron chi connectivity index (χ1n) is 8.83. The second-order valence-corrected chi connectivity index (χ2v) is 7.14. The van der Waals surface area contributed by atoms with Crippen molar-refractivity contribution >= 4 is 16.8 Å². The standard InChI is InChI=1S/C21H19FN2O/c22-14-7-5-13(6-8-14)16-11-17(16)21(25)24-10-9-20-18(12-24)15-3-1-2-4-19(15)23-20/h1-8,16-17,23H,9-12H2/t16-,17-/m0/s1.